The highest BCUT2D eigenvalue weighted by Gasteiger charge is 2.25. The molecular formula is C26H29N5O2S. The molecule has 1 aromatic carbocycles. The van der Waals surface area contributed by atoms with E-state index in [9.17, 15) is 9.59 Å². The van der Waals surface area contributed by atoms with Gasteiger partial charge in [0.05, 0.1) is 16.8 Å². The molecular weight excluding hydrogens is 446 g/mol. The first-order chi connectivity index (χ1) is 16.6. The molecule has 2 aromatic heterocycles. The zero-order valence-corrected chi connectivity index (χ0v) is 20.2. The van der Waals surface area contributed by atoms with Crippen molar-refractivity contribution in [1.29, 1.82) is 0 Å². The molecule has 0 saturated carbocycles. The molecule has 0 bridgehead atoms. The molecule has 2 saturated heterocycles. The second kappa shape index (κ2) is 10.1. The summed E-state index contributed by atoms with van der Waals surface area (Å²) in [5.41, 5.74) is 5.09. The largest absolute Gasteiger partial charge is 0.301 e. The monoisotopic (exact) mass is 475 g/mol. The number of pyridine rings is 1. The number of aromatic nitrogens is 2. The highest BCUT2D eigenvalue weighted by molar-refractivity contribution is 8.18. The molecule has 176 valence electrons. The second-order valence-electron chi connectivity index (χ2n) is 8.86. The van der Waals surface area contributed by atoms with E-state index < -0.39 is 0 Å². The van der Waals surface area contributed by atoms with Gasteiger partial charge in [-0.05, 0) is 60.1 Å². The molecule has 2 aliphatic heterocycles. The van der Waals surface area contributed by atoms with E-state index in [1.165, 1.54) is 24.9 Å². The van der Waals surface area contributed by atoms with Gasteiger partial charge >= 0.3 is 0 Å². The molecule has 0 radical (unpaired) electrons. The zero-order valence-electron chi connectivity index (χ0n) is 19.4. The summed E-state index contributed by atoms with van der Waals surface area (Å²) in [7, 11) is 0. The SMILES string of the molecule is CCCCN1CCN(Cc2cccc(-c3cnc4ccc(/C=C5\SC(=O)NC5=O)cn34)c2)CC1. The molecule has 0 spiro atoms. The molecule has 2 amide bonds. The van der Waals surface area contributed by atoms with Crippen molar-refractivity contribution in [3.05, 3.63) is 64.8 Å². The maximum absolute atomic E-state index is 11.9. The molecule has 0 aliphatic carbocycles. The minimum Gasteiger partial charge on any atom is -0.301 e. The van der Waals surface area contributed by atoms with Crippen LogP contribution in [0.2, 0.25) is 0 Å². The molecule has 8 heteroatoms. The van der Waals surface area contributed by atoms with Gasteiger partial charge in [0.2, 0.25) is 0 Å². The lowest BCUT2D eigenvalue weighted by atomic mass is 10.1. The van der Waals surface area contributed by atoms with Gasteiger partial charge in [0.15, 0.2) is 0 Å². The maximum Gasteiger partial charge on any atom is 0.290 e. The van der Waals surface area contributed by atoms with E-state index in [0.717, 1.165) is 67.0 Å². The molecule has 0 unspecified atom stereocenters. The lowest BCUT2D eigenvalue weighted by molar-refractivity contribution is -0.115. The molecule has 34 heavy (non-hydrogen) atoms. The minimum atomic E-state index is -0.347. The number of imide groups is 1. The van der Waals surface area contributed by atoms with Gasteiger partial charge in [-0.15, -0.1) is 0 Å². The van der Waals surface area contributed by atoms with Gasteiger partial charge in [-0.2, -0.15) is 0 Å². The smallest absolute Gasteiger partial charge is 0.290 e. The topological polar surface area (TPSA) is 69.9 Å². The predicted molar refractivity (Wildman–Crippen MR) is 136 cm³/mol. The van der Waals surface area contributed by atoms with Crippen molar-refractivity contribution < 1.29 is 9.59 Å². The molecule has 1 N–H and O–H groups in total. The number of amides is 2. The van der Waals surface area contributed by atoms with Gasteiger partial charge in [-0.1, -0.05) is 31.5 Å². The van der Waals surface area contributed by atoms with E-state index in [0.29, 0.717) is 4.91 Å². The Bertz CT molecular complexity index is 1240. The standard InChI is InChI=1S/C26H29N5O2S/c1-2-3-9-29-10-12-30(13-11-29)17-19-5-4-6-21(14-19)22-16-27-24-8-7-20(18-31(22)24)15-23-25(32)28-26(33)34-23/h4-8,14-16,18H,2-3,9-13,17H2,1H3,(H,28,32,33)/b23-15-. The lowest BCUT2D eigenvalue weighted by Crippen LogP contribution is -2.46. The van der Waals surface area contributed by atoms with E-state index in [2.05, 4.69) is 51.3 Å². The van der Waals surface area contributed by atoms with Gasteiger partial charge in [0.25, 0.3) is 11.1 Å². The Morgan fingerprint density at radius 2 is 1.91 bits per heavy atom. The number of hydrogen-bond donors (Lipinski definition) is 1. The van der Waals surface area contributed by atoms with Crippen LogP contribution in [-0.2, 0) is 11.3 Å². The van der Waals surface area contributed by atoms with Crippen molar-refractivity contribution in [3.63, 3.8) is 0 Å². The Hall–Kier alpha value is -2.94. The van der Waals surface area contributed by atoms with E-state index in [-0.39, 0.29) is 11.1 Å². The van der Waals surface area contributed by atoms with Crippen molar-refractivity contribution in [2.24, 2.45) is 0 Å². The van der Waals surface area contributed by atoms with Gasteiger partial charge in [0, 0.05) is 44.5 Å². The normalized spacial score (nSPS) is 18.8. The van der Waals surface area contributed by atoms with Crippen LogP contribution in [0, 0.1) is 0 Å². The van der Waals surface area contributed by atoms with E-state index in [1.54, 1.807) is 6.08 Å². The maximum atomic E-state index is 11.9. The van der Waals surface area contributed by atoms with Crippen LogP contribution in [0.25, 0.3) is 23.0 Å². The van der Waals surface area contributed by atoms with Crippen molar-refractivity contribution in [1.82, 2.24) is 24.5 Å². The van der Waals surface area contributed by atoms with Crippen LogP contribution in [0.1, 0.15) is 30.9 Å². The molecule has 2 aliphatic rings. The highest BCUT2D eigenvalue weighted by atomic mass is 32.2. The first-order valence-electron chi connectivity index (χ1n) is 11.8. The summed E-state index contributed by atoms with van der Waals surface area (Å²) in [6.45, 7) is 8.92. The summed E-state index contributed by atoms with van der Waals surface area (Å²) < 4.78 is 2.04. The Morgan fingerprint density at radius 3 is 2.68 bits per heavy atom. The Kier molecular flexibility index (Phi) is 6.80. The number of unbranched alkanes of at least 4 members (excludes halogenated alkanes) is 1. The van der Waals surface area contributed by atoms with Crippen LogP contribution in [0.4, 0.5) is 4.79 Å². The van der Waals surface area contributed by atoms with E-state index in [4.69, 9.17) is 0 Å². The van der Waals surface area contributed by atoms with Crippen LogP contribution in [-0.4, -0.2) is 63.1 Å². The number of rotatable bonds is 7. The number of piperazine rings is 1. The van der Waals surface area contributed by atoms with Crippen molar-refractivity contribution in [3.8, 4) is 11.3 Å². The summed E-state index contributed by atoms with van der Waals surface area (Å²) in [6, 6.07) is 12.5. The third kappa shape index (κ3) is 5.09. The summed E-state index contributed by atoms with van der Waals surface area (Å²) >= 11 is 0.928. The van der Waals surface area contributed by atoms with Crippen molar-refractivity contribution in [2.75, 3.05) is 32.7 Å². The number of carbonyl (C=O) groups excluding carboxylic acids is 2. The summed E-state index contributed by atoms with van der Waals surface area (Å²) in [5.74, 6) is -0.347. The summed E-state index contributed by atoms with van der Waals surface area (Å²) in [5, 5.41) is 1.96. The van der Waals surface area contributed by atoms with Gasteiger partial charge in [0.1, 0.15) is 5.65 Å². The predicted octanol–water partition coefficient (Wildman–Crippen LogP) is 4.24. The molecule has 5 rings (SSSR count). The number of imidazole rings is 1. The summed E-state index contributed by atoms with van der Waals surface area (Å²) in [4.78, 5) is 33.5. The fraction of sp³-hybridized carbons (Fsp3) is 0.346. The third-order valence-electron chi connectivity index (χ3n) is 6.39. The second-order valence-corrected chi connectivity index (χ2v) is 9.87. The fourth-order valence-corrected chi connectivity index (χ4v) is 5.19. The zero-order chi connectivity index (χ0) is 23.5. The van der Waals surface area contributed by atoms with Crippen LogP contribution in [0.5, 0.6) is 0 Å². The molecule has 3 aromatic rings. The molecule has 7 nitrogen and oxygen atoms in total. The average molecular weight is 476 g/mol. The number of nitrogens with zero attached hydrogens (tertiary/aromatic N) is 4. The van der Waals surface area contributed by atoms with E-state index in [1.807, 2.05) is 28.9 Å². The Morgan fingerprint density at radius 1 is 1.09 bits per heavy atom. The number of hydrogen-bond acceptors (Lipinski definition) is 6. The fourth-order valence-electron chi connectivity index (χ4n) is 4.51. The highest BCUT2D eigenvalue weighted by Crippen LogP contribution is 2.27. The first-order valence-corrected chi connectivity index (χ1v) is 12.7. The average Bonchev–Trinajstić information content (AvgIpc) is 3.40. The third-order valence-corrected chi connectivity index (χ3v) is 7.20. The number of carbonyl (C=O) groups is 2. The molecule has 2 fully saturated rings. The van der Waals surface area contributed by atoms with Gasteiger partial charge in [-0.25, -0.2) is 4.98 Å². The Balaban J connectivity index is 1.33. The number of thioether (sulfide) groups is 1. The van der Waals surface area contributed by atoms with Crippen molar-refractivity contribution >= 4 is 34.6 Å². The number of fused-ring (bicyclic) bond motifs is 1. The lowest BCUT2D eigenvalue weighted by Gasteiger charge is -2.34. The van der Waals surface area contributed by atoms with E-state index >= 15 is 0 Å². The quantitative estimate of drug-likeness (QED) is 0.516. The summed E-state index contributed by atoms with van der Waals surface area (Å²) in [6.07, 6.45) is 8.13. The number of benzene rings is 1. The van der Waals surface area contributed by atoms with Gasteiger partial charge in [-0.3, -0.25) is 24.2 Å². The number of nitrogens with one attached hydrogen (secondary N) is 1. The van der Waals surface area contributed by atoms with Gasteiger partial charge < -0.3 is 4.90 Å². The molecule has 4 heterocycles. The molecule has 0 atom stereocenters. The first kappa shape index (κ1) is 22.8. The minimum absolute atomic E-state index is 0.333. The van der Waals surface area contributed by atoms with Crippen LogP contribution in [0.15, 0.2) is 53.7 Å². The van der Waals surface area contributed by atoms with Crippen LogP contribution in [0.3, 0.4) is 0 Å². The van der Waals surface area contributed by atoms with Crippen LogP contribution < -0.4 is 5.32 Å². The van der Waals surface area contributed by atoms with Crippen LogP contribution >= 0.6 is 11.8 Å². The van der Waals surface area contributed by atoms with Crippen molar-refractivity contribution in [2.45, 2.75) is 26.3 Å². The Labute approximate surface area is 203 Å².